The van der Waals surface area contributed by atoms with Crippen LogP contribution in [-0.2, 0) is 23.3 Å². The maximum absolute atomic E-state index is 11.8. The summed E-state index contributed by atoms with van der Waals surface area (Å²) in [6.45, 7) is 4.54. The van der Waals surface area contributed by atoms with E-state index in [0.717, 1.165) is 39.9 Å². The topological polar surface area (TPSA) is 52.1 Å². The van der Waals surface area contributed by atoms with Crippen molar-refractivity contribution in [2.45, 2.75) is 43.9 Å². The summed E-state index contributed by atoms with van der Waals surface area (Å²) in [5, 5.41) is 2.33. The van der Waals surface area contributed by atoms with Crippen LogP contribution in [0.1, 0.15) is 46.6 Å². The first kappa shape index (κ1) is 18.4. The van der Waals surface area contributed by atoms with Crippen LogP contribution in [0.3, 0.4) is 0 Å². The Kier molecular flexibility index (Phi) is 5.45. The van der Waals surface area contributed by atoms with Crippen LogP contribution in [0, 0.1) is 5.92 Å². The van der Waals surface area contributed by atoms with Crippen LogP contribution in [-0.4, -0.2) is 22.5 Å². The fourth-order valence-corrected chi connectivity index (χ4v) is 5.86. The summed E-state index contributed by atoms with van der Waals surface area (Å²) in [7, 11) is 0. The van der Waals surface area contributed by atoms with Crippen LogP contribution in [0.25, 0.3) is 10.2 Å². The van der Waals surface area contributed by atoms with Gasteiger partial charge >= 0.3 is 5.97 Å². The summed E-state index contributed by atoms with van der Waals surface area (Å²) < 4.78 is 5.04. The third kappa shape index (κ3) is 3.87. The van der Waals surface area contributed by atoms with E-state index >= 15 is 0 Å². The van der Waals surface area contributed by atoms with Gasteiger partial charge in [0.1, 0.15) is 16.2 Å². The van der Waals surface area contributed by atoms with Crippen molar-refractivity contribution in [2.75, 3.05) is 6.61 Å². The summed E-state index contributed by atoms with van der Waals surface area (Å²) in [5.74, 6) is 1.30. The highest BCUT2D eigenvalue weighted by Crippen LogP contribution is 2.41. The average Bonchev–Trinajstić information content (AvgIpc) is 3.05. The summed E-state index contributed by atoms with van der Waals surface area (Å²) in [6, 6.07) is 7.64. The average molecular weight is 399 g/mol. The van der Waals surface area contributed by atoms with Gasteiger partial charge in [0.05, 0.1) is 12.2 Å². The Morgan fingerprint density at radius 1 is 1.30 bits per heavy atom. The molecule has 140 valence electrons. The van der Waals surface area contributed by atoms with Crippen LogP contribution < -0.4 is 0 Å². The number of hydrogen-bond donors (Lipinski definition) is 0. The molecular weight excluding hydrogens is 376 g/mol. The van der Waals surface area contributed by atoms with E-state index in [0.29, 0.717) is 12.2 Å². The fraction of sp³-hybridized carbons (Fsp3) is 0.381. The standard InChI is InChI=1S/C21H22N2O2S2/c1-3-25-21(24)15-7-5-14(6-8-15)11-26-19-18-16-9-4-13(2)10-17(16)27-20(18)23-12-22-19/h5-8,12-13H,3-4,9-11H2,1-2H3/t13-/m0/s1. The number of esters is 1. The molecule has 1 aromatic carbocycles. The van der Waals surface area contributed by atoms with Crippen molar-refractivity contribution in [1.29, 1.82) is 0 Å². The molecule has 1 aliphatic rings. The Morgan fingerprint density at radius 2 is 2.11 bits per heavy atom. The first-order valence-electron chi connectivity index (χ1n) is 9.29. The molecule has 0 N–H and O–H groups in total. The van der Waals surface area contributed by atoms with Gasteiger partial charge in [-0.3, -0.25) is 0 Å². The van der Waals surface area contributed by atoms with Crippen LogP contribution >= 0.6 is 23.1 Å². The van der Waals surface area contributed by atoms with Crippen LogP contribution in [0.2, 0.25) is 0 Å². The second kappa shape index (κ2) is 7.98. The normalized spacial score (nSPS) is 16.3. The van der Waals surface area contributed by atoms with Gasteiger partial charge in [0.2, 0.25) is 0 Å². The summed E-state index contributed by atoms with van der Waals surface area (Å²) in [4.78, 5) is 23.5. The second-order valence-corrected chi connectivity index (χ2v) is 8.96. The Hall–Kier alpha value is -1.92. The lowest BCUT2D eigenvalue weighted by molar-refractivity contribution is 0.0526. The molecule has 0 bridgehead atoms. The van der Waals surface area contributed by atoms with Gasteiger partial charge in [0.15, 0.2) is 0 Å². The zero-order valence-corrected chi connectivity index (χ0v) is 17.2. The second-order valence-electron chi connectivity index (χ2n) is 6.92. The van der Waals surface area contributed by atoms with E-state index in [2.05, 4.69) is 16.9 Å². The Balaban J connectivity index is 1.53. The smallest absolute Gasteiger partial charge is 0.338 e. The van der Waals surface area contributed by atoms with Crippen LogP contribution in [0.5, 0.6) is 0 Å². The lowest BCUT2D eigenvalue weighted by Crippen LogP contribution is -2.08. The van der Waals surface area contributed by atoms with Gasteiger partial charge in [-0.25, -0.2) is 14.8 Å². The number of ether oxygens (including phenoxy) is 1. The van der Waals surface area contributed by atoms with E-state index in [9.17, 15) is 4.79 Å². The SMILES string of the molecule is CCOC(=O)c1ccc(CSc2ncnc3sc4c(c23)CC[C@H](C)C4)cc1. The third-order valence-corrected chi connectivity index (χ3v) is 7.12. The monoisotopic (exact) mass is 398 g/mol. The molecule has 0 aliphatic heterocycles. The number of carbonyl (C=O) groups excluding carboxylic acids is 1. The number of nitrogens with zero attached hydrogens (tertiary/aromatic N) is 2. The van der Waals surface area contributed by atoms with E-state index in [1.165, 1.54) is 22.2 Å². The lowest BCUT2D eigenvalue weighted by Gasteiger charge is -2.18. The molecule has 0 saturated heterocycles. The highest BCUT2D eigenvalue weighted by atomic mass is 32.2. The summed E-state index contributed by atoms with van der Waals surface area (Å²) in [6.07, 6.45) is 5.22. The van der Waals surface area contributed by atoms with Crippen molar-refractivity contribution in [3.8, 4) is 0 Å². The predicted octanol–water partition coefficient (Wildman–Crippen LogP) is 5.29. The van der Waals surface area contributed by atoms with Gasteiger partial charge in [0.25, 0.3) is 0 Å². The quantitative estimate of drug-likeness (QED) is 0.332. The van der Waals surface area contributed by atoms with Gasteiger partial charge < -0.3 is 4.74 Å². The molecule has 2 heterocycles. The number of rotatable bonds is 5. The molecular formula is C21H22N2O2S2. The number of aryl methyl sites for hydroxylation is 1. The molecule has 0 unspecified atom stereocenters. The number of thioether (sulfide) groups is 1. The Labute approximate surface area is 167 Å². The lowest BCUT2D eigenvalue weighted by atomic mass is 9.89. The van der Waals surface area contributed by atoms with Crippen molar-refractivity contribution in [1.82, 2.24) is 9.97 Å². The molecule has 1 aliphatic carbocycles. The van der Waals surface area contributed by atoms with Crippen LogP contribution in [0.4, 0.5) is 0 Å². The van der Waals surface area contributed by atoms with Gasteiger partial charge in [0, 0.05) is 16.0 Å². The molecule has 0 radical (unpaired) electrons. The maximum atomic E-state index is 11.8. The molecule has 0 amide bonds. The van der Waals surface area contributed by atoms with Crippen molar-refractivity contribution in [2.24, 2.45) is 5.92 Å². The van der Waals surface area contributed by atoms with Crippen LogP contribution in [0.15, 0.2) is 35.6 Å². The first-order chi connectivity index (χ1) is 13.2. The minimum absolute atomic E-state index is 0.270. The van der Waals surface area contributed by atoms with E-state index in [1.807, 2.05) is 42.5 Å². The zero-order chi connectivity index (χ0) is 18.8. The summed E-state index contributed by atoms with van der Waals surface area (Å²) >= 11 is 3.58. The van der Waals surface area contributed by atoms with Gasteiger partial charge in [-0.2, -0.15) is 0 Å². The molecule has 3 aromatic rings. The molecule has 4 nitrogen and oxygen atoms in total. The number of benzene rings is 1. The fourth-order valence-electron chi connectivity index (χ4n) is 3.46. The van der Waals surface area contributed by atoms with Crippen molar-refractivity contribution in [3.63, 3.8) is 0 Å². The van der Waals surface area contributed by atoms with E-state index in [-0.39, 0.29) is 5.97 Å². The van der Waals surface area contributed by atoms with Crippen molar-refractivity contribution < 1.29 is 9.53 Å². The largest absolute Gasteiger partial charge is 0.462 e. The molecule has 27 heavy (non-hydrogen) atoms. The third-order valence-electron chi connectivity index (χ3n) is 4.90. The molecule has 0 fully saturated rings. The van der Waals surface area contributed by atoms with Crippen molar-refractivity contribution >= 4 is 39.3 Å². The number of hydrogen-bond acceptors (Lipinski definition) is 6. The maximum Gasteiger partial charge on any atom is 0.338 e. The summed E-state index contributed by atoms with van der Waals surface area (Å²) in [5.41, 5.74) is 3.22. The molecule has 4 rings (SSSR count). The number of aromatic nitrogens is 2. The number of fused-ring (bicyclic) bond motifs is 3. The van der Waals surface area contributed by atoms with E-state index in [1.54, 1.807) is 18.1 Å². The minimum Gasteiger partial charge on any atom is -0.462 e. The molecule has 2 aromatic heterocycles. The van der Waals surface area contributed by atoms with Crippen molar-refractivity contribution in [3.05, 3.63) is 52.2 Å². The molecule has 0 saturated carbocycles. The van der Waals surface area contributed by atoms with E-state index in [4.69, 9.17) is 4.74 Å². The van der Waals surface area contributed by atoms with E-state index < -0.39 is 0 Å². The molecule has 6 heteroatoms. The number of carbonyl (C=O) groups is 1. The highest BCUT2D eigenvalue weighted by Gasteiger charge is 2.23. The Morgan fingerprint density at radius 3 is 2.89 bits per heavy atom. The number of thiophene rings is 1. The zero-order valence-electron chi connectivity index (χ0n) is 15.5. The van der Waals surface area contributed by atoms with Gasteiger partial charge in [-0.1, -0.05) is 19.1 Å². The Bertz CT molecular complexity index is 966. The molecule has 0 spiro atoms. The molecule has 1 atom stereocenters. The first-order valence-corrected chi connectivity index (χ1v) is 11.1. The minimum atomic E-state index is -0.270. The predicted molar refractivity (Wildman–Crippen MR) is 111 cm³/mol. The van der Waals surface area contributed by atoms with Gasteiger partial charge in [-0.05, 0) is 55.4 Å². The van der Waals surface area contributed by atoms with Gasteiger partial charge in [-0.15, -0.1) is 23.1 Å². The highest BCUT2D eigenvalue weighted by molar-refractivity contribution is 7.98.